The predicted molar refractivity (Wildman–Crippen MR) is 97.6 cm³/mol. The SMILES string of the molecule is C=C(Nc1nc2ccccc2[nH]1)c1[nH]ncc1C#Cc1cccnc1. The molecule has 6 heteroatoms. The van der Waals surface area contributed by atoms with Crippen LogP contribution < -0.4 is 5.32 Å². The van der Waals surface area contributed by atoms with Crippen molar-refractivity contribution in [3.8, 4) is 11.8 Å². The maximum atomic E-state index is 4.48. The van der Waals surface area contributed by atoms with E-state index in [0.717, 1.165) is 27.9 Å². The van der Waals surface area contributed by atoms with Crippen molar-refractivity contribution >= 4 is 22.7 Å². The lowest BCUT2D eigenvalue weighted by Crippen LogP contribution is -2.01. The van der Waals surface area contributed by atoms with Crippen LogP contribution in [0.4, 0.5) is 5.95 Å². The van der Waals surface area contributed by atoms with Crippen LogP contribution in [-0.2, 0) is 0 Å². The number of aromatic nitrogens is 5. The van der Waals surface area contributed by atoms with E-state index in [4.69, 9.17) is 0 Å². The molecule has 0 unspecified atom stereocenters. The zero-order valence-electron chi connectivity index (χ0n) is 13.2. The van der Waals surface area contributed by atoms with Crippen LogP contribution >= 0.6 is 0 Å². The van der Waals surface area contributed by atoms with Gasteiger partial charge in [-0.05, 0) is 24.3 Å². The monoisotopic (exact) mass is 326 g/mol. The molecular weight excluding hydrogens is 312 g/mol. The molecule has 3 aromatic heterocycles. The third kappa shape index (κ3) is 3.12. The van der Waals surface area contributed by atoms with Gasteiger partial charge in [0.15, 0.2) is 0 Å². The average molecular weight is 326 g/mol. The van der Waals surface area contributed by atoms with E-state index in [1.807, 2.05) is 36.4 Å². The fraction of sp³-hybridized carbons (Fsp3) is 0. The van der Waals surface area contributed by atoms with Gasteiger partial charge in [0.25, 0.3) is 0 Å². The second-order valence-corrected chi connectivity index (χ2v) is 5.36. The normalized spacial score (nSPS) is 10.2. The second-order valence-electron chi connectivity index (χ2n) is 5.36. The first kappa shape index (κ1) is 14.7. The number of nitrogens with one attached hydrogen (secondary N) is 3. The summed E-state index contributed by atoms with van der Waals surface area (Å²) in [7, 11) is 0. The summed E-state index contributed by atoms with van der Waals surface area (Å²) >= 11 is 0. The minimum absolute atomic E-state index is 0.618. The summed E-state index contributed by atoms with van der Waals surface area (Å²) in [5, 5.41) is 10.1. The van der Waals surface area contributed by atoms with Crippen molar-refractivity contribution in [2.45, 2.75) is 0 Å². The molecule has 0 aliphatic heterocycles. The molecule has 0 aliphatic carbocycles. The largest absolute Gasteiger partial charge is 0.324 e. The molecule has 0 aliphatic rings. The molecule has 0 bridgehead atoms. The quantitative estimate of drug-likeness (QED) is 0.505. The first-order chi connectivity index (χ1) is 12.3. The van der Waals surface area contributed by atoms with E-state index in [-0.39, 0.29) is 0 Å². The number of pyridine rings is 1. The molecule has 25 heavy (non-hydrogen) atoms. The van der Waals surface area contributed by atoms with Crippen molar-refractivity contribution in [1.82, 2.24) is 25.1 Å². The van der Waals surface area contributed by atoms with Crippen molar-refractivity contribution in [1.29, 1.82) is 0 Å². The van der Waals surface area contributed by atoms with E-state index < -0.39 is 0 Å². The Morgan fingerprint density at radius 2 is 2.00 bits per heavy atom. The summed E-state index contributed by atoms with van der Waals surface area (Å²) in [6, 6.07) is 11.6. The Morgan fingerprint density at radius 3 is 2.84 bits per heavy atom. The molecule has 120 valence electrons. The number of benzene rings is 1. The molecule has 0 spiro atoms. The van der Waals surface area contributed by atoms with E-state index in [1.54, 1.807) is 18.6 Å². The van der Waals surface area contributed by atoms with Crippen LogP contribution in [0.3, 0.4) is 0 Å². The van der Waals surface area contributed by atoms with Gasteiger partial charge in [0.2, 0.25) is 5.95 Å². The van der Waals surface area contributed by atoms with Gasteiger partial charge >= 0.3 is 0 Å². The van der Waals surface area contributed by atoms with Gasteiger partial charge in [-0.2, -0.15) is 5.10 Å². The summed E-state index contributed by atoms with van der Waals surface area (Å²) < 4.78 is 0. The highest BCUT2D eigenvalue weighted by Gasteiger charge is 2.09. The number of nitrogens with zero attached hydrogens (tertiary/aromatic N) is 3. The van der Waals surface area contributed by atoms with Gasteiger partial charge in [0, 0.05) is 18.0 Å². The van der Waals surface area contributed by atoms with E-state index in [2.05, 4.69) is 48.9 Å². The van der Waals surface area contributed by atoms with E-state index >= 15 is 0 Å². The number of hydrogen-bond donors (Lipinski definition) is 3. The van der Waals surface area contributed by atoms with Crippen LogP contribution in [0.2, 0.25) is 0 Å². The second kappa shape index (κ2) is 6.34. The van der Waals surface area contributed by atoms with Crippen molar-refractivity contribution in [3.05, 3.63) is 78.4 Å². The molecule has 1 aromatic carbocycles. The molecular formula is C19H14N6. The van der Waals surface area contributed by atoms with Crippen LogP contribution in [0.5, 0.6) is 0 Å². The number of H-pyrrole nitrogens is 2. The standard InChI is InChI=1S/C19H14N6/c1-13(22-19-23-16-6-2-3-7-17(16)24-19)18-15(12-21-25-18)9-8-14-5-4-10-20-11-14/h2-7,10-12H,1H2,(H,21,25)(H2,22,23,24). The Morgan fingerprint density at radius 1 is 1.08 bits per heavy atom. The number of imidazole rings is 1. The van der Waals surface area contributed by atoms with Gasteiger partial charge < -0.3 is 10.3 Å². The van der Waals surface area contributed by atoms with E-state index in [1.165, 1.54) is 0 Å². The summed E-state index contributed by atoms with van der Waals surface area (Å²) in [5.41, 5.74) is 4.78. The Balaban J connectivity index is 1.57. The molecule has 0 radical (unpaired) electrons. The number of hydrogen-bond acceptors (Lipinski definition) is 4. The first-order valence-corrected chi connectivity index (χ1v) is 7.66. The first-order valence-electron chi connectivity index (χ1n) is 7.66. The van der Waals surface area contributed by atoms with Crippen molar-refractivity contribution in [3.63, 3.8) is 0 Å². The molecule has 0 saturated heterocycles. The summed E-state index contributed by atoms with van der Waals surface area (Å²) in [6.45, 7) is 4.06. The molecule has 0 fully saturated rings. The zero-order valence-corrected chi connectivity index (χ0v) is 13.2. The third-order valence-corrected chi connectivity index (χ3v) is 3.60. The molecule has 4 aromatic rings. The highest BCUT2D eigenvalue weighted by Crippen LogP contribution is 2.19. The minimum Gasteiger partial charge on any atom is -0.324 e. The number of para-hydroxylation sites is 2. The van der Waals surface area contributed by atoms with Crippen LogP contribution in [0.15, 0.2) is 61.6 Å². The van der Waals surface area contributed by atoms with Gasteiger partial charge in [-0.3, -0.25) is 10.1 Å². The highest BCUT2D eigenvalue weighted by molar-refractivity contribution is 5.81. The Kier molecular flexibility index (Phi) is 3.73. The summed E-state index contributed by atoms with van der Waals surface area (Å²) in [5.74, 6) is 6.77. The number of fused-ring (bicyclic) bond motifs is 1. The van der Waals surface area contributed by atoms with E-state index in [0.29, 0.717) is 11.6 Å². The average Bonchev–Trinajstić information content (AvgIpc) is 3.27. The number of aromatic amines is 2. The maximum Gasteiger partial charge on any atom is 0.205 e. The minimum atomic E-state index is 0.618. The maximum absolute atomic E-state index is 4.48. The van der Waals surface area contributed by atoms with Crippen molar-refractivity contribution in [2.75, 3.05) is 5.32 Å². The van der Waals surface area contributed by atoms with Crippen molar-refractivity contribution in [2.24, 2.45) is 0 Å². The third-order valence-electron chi connectivity index (χ3n) is 3.60. The Hall–Kier alpha value is -3.85. The smallest absolute Gasteiger partial charge is 0.205 e. The molecule has 6 nitrogen and oxygen atoms in total. The fourth-order valence-electron chi connectivity index (χ4n) is 2.40. The Labute approximate surface area is 144 Å². The van der Waals surface area contributed by atoms with Gasteiger partial charge in [0.05, 0.1) is 34.2 Å². The van der Waals surface area contributed by atoms with Crippen LogP contribution in [0.25, 0.3) is 16.7 Å². The van der Waals surface area contributed by atoms with Crippen LogP contribution in [0, 0.1) is 11.8 Å². The predicted octanol–water partition coefficient (Wildman–Crippen LogP) is 3.16. The van der Waals surface area contributed by atoms with Crippen molar-refractivity contribution < 1.29 is 0 Å². The van der Waals surface area contributed by atoms with E-state index in [9.17, 15) is 0 Å². The van der Waals surface area contributed by atoms with Gasteiger partial charge in [-0.25, -0.2) is 4.98 Å². The lowest BCUT2D eigenvalue weighted by molar-refractivity contribution is 1.07. The van der Waals surface area contributed by atoms with Gasteiger partial charge in [-0.1, -0.05) is 30.6 Å². The highest BCUT2D eigenvalue weighted by atomic mass is 15.2. The molecule has 4 rings (SSSR count). The van der Waals surface area contributed by atoms with Crippen LogP contribution in [0.1, 0.15) is 16.8 Å². The lowest BCUT2D eigenvalue weighted by Gasteiger charge is -2.04. The van der Waals surface area contributed by atoms with Crippen LogP contribution in [-0.4, -0.2) is 25.1 Å². The zero-order chi connectivity index (χ0) is 17.1. The molecule has 3 N–H and O–H groups in total. The Bertz CT molecular complexity index is 1060. The summed E-state index contributed by atoms with van der Waals surface area (Å²) in [6.07, 6.45) is 5.10. The molecule has 0 saturated carbocycles. The number of rotatable bonds is 3. The topological polar surface area (TPSA) is 82.3 Å². The molecule has 3 heterocycles. The lowest BCUT2D eigenvalue weighted by atomic mass is 10.2. The van der Waals surface area contributed by atoms with Gasteiger partial charge in [-0.15, -0.1) is 0 Å². The molecule has 0 amide bonds. The van der Waals surface area contributed by atoms with Gasteiger partial charge in [0.1, 0.15) is 0 Å². The fourth-order valence-corrected chi connectivity index (χ4v) is 2.40. The summed E-state index contributed by atoms with van der Waals surface area (Å²) in [4.78, 5) is 11.7. The molecule has 0 atom stereocenters. The number of anilines is 1.